The molecule has 1 N–H and O–H groups in total. The number of hydrogen-bond donors (Lipinski definition) is 1. The average Bonchev–Trinajstić information content (AvgIpc) is 2.25. The molecule has 1 aromatic rings. The van der Waals surface area contributed by atoms with Gasteiger partial charge < -0.3 is 5.32 Å². The summed E-state index contributed by atoms with van der Waals surface area (Å²) in [7, 11) is 0. The maximum absolute atomic E-state index is 12.5. The monoisotopic (exact) mass is 243 g/mol. The Hall–Kier alpha value is -1.41. The molecule has 18 heavy (non-hydrogen) atoms. The van der Waals surface area contributed by atoms with Crippen molar-refractivity contribution in [1.82, 2.24) is 5.32 Å². The van der Waals surface area contributed by atoms with Crippen molar-refractivity contribution in [3.05, 3.63) is 47.5 Å². The third-order valence-electron chi connectivity index (χ3n) is 3.16. The molecule has 1 aromatic carbocycles. The number of benzene rings is 1. The van der Waals surface area contributed by atoms with Gasteiger partial charge in [-0.15, -0.1) is 0 Å². The zero-order chi connectivity index (χ0) is 13.4. The van der Waals surface area contributed by atoms with Crippen molar-refractivity contribution in [1.29, 1.82) is 0 Å². The predicted molar refractivity (Wildman–Crippen MR) is 74.8 cm³/mol. The number of carbonyl (C=O) groups is 1. The number of rotatable bonds is 2. The molecule has 0 aliphatic carbocycles. The lowest BCUT2D eigenvalue weighted by molar-refractivity contribution is 0.101. The highest BCUT2D eigenvalue weighted by molar-refractivity contribution is 6.09. The summed E-state index contributed by atoms with van der Waals surface area (Å²) in [5, 5.41) is 3.54. The molecule has 1 aliphatic rings. The minimum Gasteiger partial charge on any atom is -0.303 e. The normalized spacial score (nSPS) is 21.2. The Labute approximate surface area is 109 Å². The first kappa shape index (κ1) is 13.0. The summed E-state index contributed by atoms with van der Waals surface area (Å²) in [5.74, 6) is 0.151. The molecule has 0 saturated heterocycles. The van der Waals surface area contributed by atoms with Crippen molar-refractivity contribution in [3.8, 4) is 0 Å². The Bertz CT molecular complexity index is 483. The molecule has 0 amide bonds. The van der Waals surface area contributed by atoms with Crippen molar-refractivity contribution < 1.29 is 4.79 Å². The first-order chi connectivity index (χ1) is 8.29. The van der Waals surface area contributed by atoms with E-state index in [1.807, 2.05) is 30.3 Å². The molecule has 96 valence electrons. The molecule has 2 nitrogen and oxygen atoms in total. The molecule has 0 unspecified atom stereocenters. The van der Waals surface area contributed by atoms with Gasteiger partial charge in [0.05, 0.1) is 0 Å². The molecule has 0 radical (unpaired) electrons. The summed E-state index contributed by atoms with van der Waals surface area (Å²) in [5.41, 5.74) is 1.51. The standard InChI is InChI=1S/C16H21NO/c1-15(2)10-13(11-16(3,4)17-15)14(18)12-8-6-5-7-9-12/h5-10,17H,11H2,1-4H3. The number of hydrogen-bond acceptors (Lipinski definition) is 2. The van der Waals surface area contributed by atoms with Crippen molar-refractivity contribution in [2.24, 2.45) is 0 Å². The van der Waals surface area contributed by atoms with Crippen molar-refractivity contribution in [2.75, 3.05) is 0 Å². The molecule has 2 heteroatoms. The SMILES string of the molecule is CC1(C)C=C(C(=O)c2ccccc2)CC(C)(C)N1. The molecule has 0 spiro atoms. The van der Waals surface area contributed by atoms with E-state index in [0.717, 1.165) is 17.6 Å². The van der Waals surface area contributed by atoms with E-state index in [1.165, 1.54) is 0 Å². The van der Waals surface area contributed by atoms with Crippen LogP contribution < -0.4 is 5.32 Å². The Morgan fingerprint density at radius 1 is 1.11 bits per heavy atom. The number of carbonyl (C=O) groups excluding carboxylic acids is 1. The highest BCUT2D eigenvalue weighted by atomic mass is 16.1. The van der Waals surface area contributed by atoms with Gasteiger partial charge in [0.25, 0.3) is 0 Å². The molecule has 1 heterocycles. The lowest BCUT2D eigenvalue weighted by atomic mass is 9.81. The smallest absolute Gasteiger partial charge is 0.188 e. The highest BCUT2D eigenvalue weighted by Crippen LogP contribution is 2.29. The molecule has 0 saturated carbocycles. The maximum atomic E-state index is 12.5. The second-order valence-electron chi connectivity index (χ2n) is 6.27. The molecule has 0 atom stereocenters. The fourth-order valence-electron chi connectivity index (χ4n) is 2.84. The molecule has 1 aliphatic heterocycles. The third-order valence-corrected chi connectivity index (χ3v) is 3.16. The van der Waals surface area contributed by atoms with Crippen LogP contribution in [0.1, 0.15) is 44.5 Å². The molecular weight excluding hydrogens is 222 g/mol. The van der Waals surface area contributed by atoms with Crippen LogP contribution in [0.3, 0.4) is 0 Å². The molecule has 0 bridgehead atoms. The Balaban J connectivity index is 2.34. The third kappa shape index (κ3) is 2.88. The van der Waals surface area contributed by atoms with Crippen molar-refractivity contribution in [2.45, 2.75) is 45.2 Å². The summed E-state index contributed by atoms with van der Waals surface area (Å²) in [4.78, 5) is 12.5. The predicted octanol–water partition coefficient (Wildman–Crippen LogP) is 3.35. The summed E-state index contributed by atoms with van der Waals surface area (Å²) in [6, 6.07) is 9.51. The fourth-order valence-corrected chi connectivity index (χ4v) is 2.84. The lowest BCUT2D eigenvalue weighted by Gasteiger charge is -2.40. The minimum absolute atomic E-state index is 0.0436. The Kier molecular flexibility index (Phi) is 3.16. The highest BCUT2D eigenvalue weighted by Gasteiger charge is 2.34. The van der Waals surface area contributed by atoms with Crippen LogP contribution in [-0.2, 0) is 0 Å². The Morgan fingerprint density at radius 2 is 1.72 bits per heavy atom. The van der Waals surface area contributed by atoms with E-state index >= 15 is 0 Å². The molecule has 2 rings (SSSR count). The first-order valence-electron chi connectivity index (χ1n) is 6.40. The second-order valence-corrected chi connectivity index (χ2v) is 6.27. The summed E-state index contributed by atoms with van der Waals surface area (Å²) in [6.45, 7) is 8.48. The van der Waals surface area contributed by atoms with E-state index in [2.05, 4.69) is 39.1 Å². The van der Waals surface area contributed by atoms with Crippen LogP contribution in [-0.4, -0.2) is 16.9 Å². The number of Topliss-reactive ketones (excluding diaryl/α,β-unsaturated/α-hetero) is 1. The van der Waals surface area contributed by atoms with Gasteiger partial charge in [0.15, 0.2) is 5.78 Å². The van der Waals surface area contributed by atoms with E-state index < -0.39 is 0 Å². The Morgan fingerprint density at radius 3 is 2.28 bits per heavy atom. The van der Waals surface area contributed by atoms with Gasteiger partial charge >= 0.3 is 0 Å². The largest absolute Gasteiger partial charge is 0.303 e. The topological polar surface area (TPSA) is 29.1 Å². The van der Waals surface area contributed by atoms with Gasteiger partial charge in [0, 0.05) is 16.6 Å². The molecule has 0 fully saturated rings. The van der Waals surface area contributed by atoms with E-state index in [-0.39, 0.29) is 16.9 Å². The van der Waals surface area contributed by atoms with Gasteiger partial charge in [-0.2, -0.15) is 0 Å². The van der Waals surface area contributed by atoms with Crippen molar-refractivity contribution >= 4 is 5.78 Å². The van der Waals surface area contributed by atoms with Crippen LogP contribution in [0.15, 0.2) is 42.0 Å². The van der Waals surface area contributed by atoms with Gasteiger partial charge in [-0.3, -0.25) is 4.79 Å². The van der Waals surface area contributed by atoms with Crippen molar-refractivity contribution in [3.63, 3.8) is 0 Å². The lowest BCUT2D eigenvalue weighted by Crippen LogP contribution is -2.54. The van der Waals surface area contributed by atoms with E-state index in [1.54, 1.807) is 0 Å². The average molecular weight is 243 g/mol. The van der Waals surface area contributed by atoms with Gasteiger partial charge in [-0.1, -0.05) is 36.4 Å². The second kappa shape index (κ2) is 4.36. The minimum atomic E-state index is -0.137. The first-order valence-corrected chi connectivity index (χ1v) is 6.40. The van der Waals surface area contributed by atoms with Gasteiger partial charge in [-0.25, -0.2) is 0 Å². The summed E-state index contributed by atoms with van der Waals surface area (Å²) >= 11 is 0. The maximum Gasteiger partial charge on any atom is 0.188 e. The number of ketones is 1. The molecular formula is C16H21NO. The van der Waals surface area contributed by atoms with Crippen LogP contribution in [0, 0.1) is 0 Å². The van der Waals surface area contributed by atoms with E-state index in [4.69, 9.17) is 0 Å². The van der Waals surface area contributed by atoms with Crippen LogP contribution in [0.2, 0.25) is 0 Å². The zero-order valence-corrected chi connectivity index (χ0v) is 11.6. The molecule has 0 aromatic heterocycles. The summed E-state index contributed by atoms with van der Waals surface area (Å²) < 4.78 is 0. The van der Waals surface area contributed by atoms with Crippen LogP contribution in [0.25, 0.3) is 0 Å². The quantitative estimate of drug-likeness (QED) is 0.807. The van der Waals surface area contributed by atoms with Crippen LogP contribution >= 0.6 is 0 Å². The van der Waals surface area contributed by atoms with Gasteiger partial charge in [-0.05, 0) is 39.7 Å². The van der Waals surface area contributed by atoms with Crippen LogP contribution in [0.4, 0.5) is 0 Å². The fraction of sp³-hybridized carbons (Fsp3) is 0.438. The zero-order valence-electron chi connectivity index (χ0n) is 11.6. The summed E-state index contributed by atoms with van der Waals surface area (Å²) in [6.07, 6.45) is 2.83. The van der Waals surface area contributed by atoms with E-state index in [9.17, 15) is 4.79 Å². The van der Waals surface area contributed by atoms with E-state index in [0.29, 0.717) is 0 Å². The number of nitrogens with one attached hydrogen (secondary N) is 1. The van der Waals surface area contributed by atoms with Gasteiger partial charge in [0.1, 0.15) is 0 Å². The van der Waals surface area contributed by atoms with Crippen LogP contribution in [0.5, 0.6) is 0 Å². The van der Waals surface area contributed by atoms with Gasteiger partial charge in [0.2, 0.25) is 0 Å².